The van der Waals surface area contributed by atoms with Crippen LogP contribution in [0.3, 0.4) is 0 Å². The van der Waals surface area contributed by atoms with Crippen LogP contribution in [0.15, 0.2) is 11.6 Å². The first kappa shape index (κ1) is 20.6. The van der Waals surface area contributed by atoms with Gasteiger partial charge in [-0.2, -0.15) is 0 Å². The Kier molecular flexibility index (Phi) is 5.37. The minimum absolute atomic E-state index is 0.00759. The van der Waals surface area contributed by atoms with E-state index in [1.165, 1.54) is 5.57 Å². The van der Waals surface area contributed by atoms with Gasteiger partial charge in [-0.1, -0.05) is 26.3 Å². The Hall–Kier alpha value is -1.65. The van der Waals surface area contributed by atoms with Gasteiger partial charge in [0.05, 0.1) is 0 Å². The maximum absolute atomic E-state index is 12.2. The molecule has 0 unspecified atom stereocenters. The third kappa shape index (κ3) is 3.44. The largest absolute Gasteiger partial charge is 0.459 e. The van der Waals surface area contributed by atoms with Gasteiger partial charge in [-0.3, -0.25) is 9.59 Å². The average molecular weight is 403 g/mol. The predicted octanol–water partition coefficient (Wildman–Crippen LogP) is 4.38. The number of ketones is 1. The van der Waals surface area contributed by atoms with Crippen molar-refractivity contribution in [3.8, 4) is 0 Å². The van der Waals surface area contributed by atoms with Crippen molar-refractivity contribution in [1.29, 1.82) is 0 Å². The summed E-state index contributed by atoms with van der Waals surface area (Å²) in [6.45, 7) is 6.12. The van der Waals surface area contributed by atoms with E-state index in [0.717, 1.165) is 44.9 Å². The van der Waals surface area contributed by atoms with Crippen molar-refractivity contribution in [2.24, 2.45) is 28.6 Å². The molecule has 5 heteroatoms. The van der Waals surface area contributed by atoms with Gasteiger partial charge in [0, 0.05) is 18.3 Å². The molecule has 5 nitrogen and oxygen atoms in total. The molecular weight excluding hydrogens is 368 g/mol. The Morgan fingerprint density at radius 2 is 1.83 bits per heavy atom. The van der Waals surface area contributed by atoms with Gasteiger partial charge in [0.25, 0.3) is 0 Å². The molecule has 6 atom stereocenters. The van der Waals surface area contributed by atoms with Gasteiger partial charge in [-0.25, -0.2) is 4.79 Å². The monoisotopic (exact) mass is 402 g/mol. The van der Waals surface area contributed by atoms with E-state index >= 15 is 0 Å². The van der Waals surface area contributed by atoms with Crippen molar-refractivity contribution >= 4 is 17.7 Å². The fourth-order valence-electron chi connectivity index (χ4n) is 7.14. The van der Waals surface area contributed by atoms with Gasteiger partial charge in [0.1, 0.15) is 6.10 Å². The van der Waals surface area contributed by atoms with Crippen LogP contribution >= 0.6 is 0 Å². The molecule has 0 spiro atoms. The number of ether oxygens (including phenoxy) is 2. The fraction of sp³-hybridized carbons (Fsp3) is 0.792. The highest BCUT2D eigenvalue weighted by molar-refractivity contribution is 5.91. The number of carbonyl (C=O) groups excluding carboxylic acids is 3. The highest BCUT2D eigenvalue weighted by Crippen LogP contribution is 2.65. The molecule has 29 heavy (non-hydrogen) atoms. The summed E-state index contributed by atoms with van der Waals surface area (Å²) >= 11 is 0. The van der Waals surface area contributed by atoms with Crippen LogP contribution in [0, 0.1) is 28.6 Å². The third-order valence-electron chi connectivity index (χ3n) is 8.79. The van der Waals surface area contributed by atoms with Gasteiger partial charge >= 0.3 is 11.9 Å². The Labute approximate surface area is 173 Å². The maximum Gasteiger partial charge on any atom is 0.344 e. The van der Waals surface area contributed by atoms with Crippen molar-refractivity contribution in [3.05, 3.63) is 11.6 Å². The van der Waals surface area contributed by atoms with Gasteiger partial charge in [-0.15, -0.1) is 0 Å². The van der Waals surface area contributed by atoms with Gasteiger partial charge in [0.2, 0.25) is 0 Å². The average Bonchev–Trinajstić information content (AvgIpc) is 3.03. The van der Waals surface area contributed by atoms with Gasteiger partial charge in [0.15, 0.2) is 12.4 Å². The molecule has 0 radical (unpaired) electrons. The number of rotatable bonds is 4. The molecular formula is C24H34O5. The minimum atomic E-state index is -0.424. The van der Waals surface area contributed by atoms with E-state index < -0.39 is 5.97 Å². The van der Waals surface area contributed by atoms with E-state index in [-0.39, 0.29) is 35.9 Å². The summed E-state index contributed by atoms with van der Waals surface area (Å²) in [7, 11) is 0. The summed E-state index contributed by atoms with van der Waals surface area (Å²) < 4.78 is 10.8. The smallest absolute Gasteiger partial charge is 0.344 e. The molecule has 0 aromatic rings. The summed E-state index contributed by atoms with van der Waals surface area (Å²) in [6.07, 6.45) is 10.2. The normalized spacial score (nSPS) is 40.9. The highest BCUT2D eigenvalue weighted by atomic mass is 16.6. The topological polar surface area (TPSA) is 69.7 Å². The molecule has 3 fully saturated rings. The number of hydrogen-bond donors (Lipinski definition) is 0. The molecule has 4 rings (SSSR count). The molecule has 3 saturated carbocycles. The molecule has 0 heterocycles. The van der Waals surface area contributed by atoms with Crippen LogP contribution in [-0.2, 0) is 23.9 Å². The van der Waals surface area contributed by atoms with E-state index in [9.17, 15) is 14.4 Å². The second-order valence-electron chi connectivity index (χ2n) is 10.1. The van der Waals surface area contributed by atoms with E-state index in [1.807, 2.05) is 6.08 Å². The Morgan fingerprint density at radius 3 is 2.59 bits per heavy atom. The van der Waals surface area contributed by atoms with E-state index in [0.29, 0.717) is 30.0 Å². The zero-order valence-electron chi connectivity index (χ0n) is 18.0. The van der Waals surface area contributed by atoms with Crippen LogP contribution in [-0.4, -0.2) is 30.4 Å². The summed E-state index contributed by atoms with van der Waals surface area (Å²) in [5, 5.41) is 0. The predicted molar refractivity (Wildman–Crippen MR) is 108 cm³/mol. The molecule has 4 aliphatic carbocycles. The molecule has 0 N–H and O–H groups in total. The van der Waals surface area contributed by atoms with E-state index in [2.05, 4.69) is 13.8 Å². The first-order valence-corrected chi connectivity index (χ1v) is 11.4. The molecule has 160 valence electrons. The van der Waals surface area contributed by atoms with Crippen LogP contribution in [0.1, 0.15) is 78.6 Å². The van der Waals surface area contributed by atoms with Crippen molar-refractivity contribution in [3.63, 3.8) is 0 Å². The van der Waals surface area contributed by atoms with E-state index in [4.69, 9.17) is 9.47 Å². The molecule has 0 aromatic carbocycles. The highest BCUT2D eigenvalue weighted by Gasteiger charge is 2.59. The molecule has 4 aliphatic rings. The Balaban J connectivity index is 1.46. The lowest BCUT2D eigenvalue weighted by atomic mass is 9.47. The first-order valence-electron chi connectivity index (χ1n) is 11.4. The standard InChI is InChI=1S/C24H34O5/c1-4-21(26)28-14-22(27)29-20-8-7-18-17-6-5-15-13-16(25)9-11-23(15,2)19(17)10-12-24(18,20)3/h13,17-20H,4-12,14H2,1-3H3/t17-,18-,19-,20-,23-,24-/m0/s1. The lowest BCUT2D eigenvalue weighted by Gasteiger charge is -2.57. The Bertz CT molecular complexity index is 740. The van der Waals surface area contributed by atoms with Gasteiger partial charge in [-0.05, 0) is 74.2 Å². The summed E-state index contributed by atoms with van der Waals surface area (Å²) in [5.41, 5.74) is 1.56. The zero-order valence-corrected chi connectivity index (χ0v) is 18.0. The van der Waals surface area contributed by atoms with Crippen LogP contribution in [0.5, 0.6) is 0 Å². The number of allylic oxidation sites excluding steroid dienone is 1. The number of fused-ring (bicyclic) bond motifs is 5. The van der Waals surface area contributed by atoms with Crippen molar-refractivity contribution in [2.45, 2.75) is 84.7 Å². The van der Waals surface area contributed by atoms with Crippen LogP contribution in [0.4, 0.5) is 0 Å². The van der Waals surface area contributed by atoms with E-state index in [1.54, 1.807) is 6.92 Å². The van der Waals surface area contributed by atoms with Gasteiger partial charge < -0.3 is 9.47 Å². The lowest BCUT2D eigenvalue weighted by Crippen LogP contribution is -2.51. The fourth-order valence-corrected chi connectivity index (χ4v) is 7.14. The number of esters is 2. The Morgan fingerprint density at radius 1 is 1.03 bits per heavy atom. The number of carbonyl (C=O) groups is 3. The number of hydrogen-bond acceptors (Lipinski definition) is 5. The summed E-state index contributed by atoms with van der Waals surface area (Å²) in [4.78, 5) is 35.5. The first-order chi connectivity index (χ1) is 13.8. The zero-order chi connectivity index (χ0) is 20.8. The van der Waals surface area contributed by atoms with Crippen molar-refractivity contribution < 1.29 is 23.9 Å². The van der Waals surface area contributed by atoms with Crippen molar-refractivity contribution in [1.82, 2.24) is 0 Å². The molecule has 0 amide bonds. The summed E-state index contributed by atoms with van der Waals surface area (Å²) in [5.74, 6) is 1.34. The minimum Gasteiger partial charge on any atom is -0.459 e. The second-order valence-corrected chi connectivity index (χ2v) is 10.1. The third-order valence-corrected chi connectivity index (χ3v) is 8.79. The summed E-state index contributed by atoms with van der Waals surface area (Å²) in [6, 6.07) is 0. The van der Waals surface area contributed by atoms with Crippen LogP contribution in [0.2, 0.25) is 0 Å². The molecule has 0 aliphatic heterocycles. The lowest BCUT2D eigenvalue weighted by molar-refractivity contribution is -0.169. The molecule has 0 aromatic heterocycles. The molecule has 0 saturated heterocycles. The molecule has 0 bridgehead atoms. The van der Waals surface area contributed by atoms with Crippen molar-refractivity contribution in [2.75, 3.05) is 6.61 Å². The maximum atomic E-state index is 12.2. The quantitative estimate of drug-likeness (QED) is 0.653. The van der Waals surface area contributed by atoms with Crippen LogP contribution < -0.4 is 0 Å². The second kappa shape index (κ2) is 7.55. The SMILES string of the molecule is CCC(=O)OCC(=O)O[C@H]1CC[C@H]2[C@@H]3CCC4=CC(=O)CC[C@]4(C)[C@H]3CC[C@]12C. The van der Waals surface area contributed by atoms with Crippen LogP contribution in [0.25, 0.3) is 0 Å².